The van der Waals surface area contributed by atoms with Crippen LogP contribution in [0.2, 0.25) is 0 Å². The van der Waals surface area contributed by atoms with Gasteiger partial charge in [0.1, 0.15) is 0 Å². The monoisotopic (exact) mass is 341 g/mol. The fourth-order valence-electron chi connectivity index (χ4n) is 0.910. The molecule has 0 unspecified atom stereocenters. The van der Waals surface area contributed by atoms with E-state index in [9.17, 15) is 0 Å². The van der Waals surface area contributed by atoms with Crippen molar-refractivity contribution in [3.05, 3.63) is 0 Å². The number of ether oxygens (including phenoxy) is 1. The van der Waals surface area contributed by atoms with Crippen LogP contribution in [0.3, 0.4) is 0 Å². The molecule has 17 heavy (non-hydrogen) atoms. The van der Waals surface area contributed by atoms with Crippen LogP contribution in [-0.2, 0) is 19.4 Å². The average Bonchev–Trinajstić information content (AvgIpc) is 2.71. The van der Waals surface area contributed by atoms with Gasteiger partial charge in [-0.1, -0.05) is 0 Å². The molecule has 7 heteroatoms. The number of hydrogen-bond acceptors (Lipinski definition) is 3. The molecule has 1 heterocycles. The molecule has 1 rings (SSSR count). The van der Waals surface area contributed by atoms with Crippen molar-refractivity contribution < 1.29 is 19.4 Å². The molecule has 0 aromatic carbocycles. The van der Waals surface area contributed by atoms with Crippen molar-refractivity contribution in [3.8, 4) is 0 Å². The molecule has 3 nitrogen and oxygen atoms in total. The van der Waals surface area contributed by atoms with Crippen molar-refractivity contribution in [1.82, 2.24) is 9.80 Å². The maximum absolute atomic E-state index is 4.97. The fourth-order valence-corrected chi connectivity index (χ4v) is 0.910. The summed E-state index contributed by atoms with van der Waals surface area (Å²) in [6.07, 6.45) is 2.56. The van der Waals surface area contributed by atoms with E-state index in [0.717, 1.165) is 26.3 Å². The SMILES string of the molecule is C1CCOC1.CN(C)CCN(C)C.[Cl][Ti]([Cl])[Cl]. The summed E-state index contributed by atoms with van der Waals surface area (Å²) in [7, 11) is 23.3. The van der Waals surface area contributed by atoms with Crippen LogP contribution in [-0.4, -0.2) is 64.3 Å². The van der Waals surface area contributed by atoms with Gasteiger partial charge in [-0.05, 0) is 41.0 Å². The van der Waals surface area contributed by atoms with Crippen molar-refractivity contribution in [3.63, 3.8) is 0 Å². The molecule has 0 bridgehead atoms. The van der Waals surface area contributed by atoms with Gasteiger partial charge < -0.3 is 14.5 Å². The number of halogens is 3. The summed E-state index contributed by atoms with van der Waals surface area (Å²) >= 11 is -1.92. The van der Waals surface area contributed by atoms with Gasteiger partial charge >= 0.3 is 42.6 Å². The Morgan fingerprint density at radius 3 is 1.29 bits per heavy atom. The molecule has 0 aromatic rings. The third-order valence-electron chi connectivity index (χ3n) is 1.82. The normalized spacial score (nSPS) is 13.9. The molecule has 0 aromatic heterocycles. The summed E-state index contributed by atoms with van der Waals surface area (Å²) in [5.41, 5.74) is 0. The van der Waals surface area contributed by atoms with Crippen molar-refractivity contribution in [1.29, 1.82) is 0 Å². The van der Waals surface area contributed by atoms with Gasteiger partial charge in [-0.15, -0.1) is 0 Å². The third-order valence-corrected chi connectivity index (χ3v) is 1.82. The van der Waals surface area contributed by atoms with Gasteiger partial charge in [0, 0.05) is 26.3 Å². The molecule has 0 atom stereocenters. The van der Waals surface area contributed by atoms with E-state index in [1.54, 1.807) is 0 Å². The third kappa shape index (κ3) is 31.8. The van der Waals surface area contributed by atoms with E-state index >= 15 is 0 Å². The first-order chi connectivity index (χ1) is 7.86. The van der Waals surface area contributed by atoms with Gasteiger partial charge in [-0.25, -0.2) is 0 Å². The molecule has 1 aliphatic heterocycles. The minimum atomic E-state index is -1.92. The first-order valence-corrected chi connectivity index (χ1v) is 12.0. The van der Waals surface area contributed by atoms with Crippen molar-refractivity contribution in [2.45, 2.75) is 12.8 Å². The zero-order valence-electron chi connectivity index (χ0n) is 11.2. The molecule has 105 valence electrons. The number of hydrogen-bond donors (Lipinski definition) is 0. The van der Waals surface area contributed by atoms with Crippen LogP contribution in [0.15, 0.2) is 0 Å². The number of rotatable bonds is 3. The van der Waals surface area contributed by atoms with E-state index in [2.05, 4.69) is 38.0 Å². The zero-order valence-corrected chi connectivity index (χ0v) is 15.0. The Morgan fingerprint density at radius 1 is 0.882 bits per heavy atom. The van der Waals surface area contributed by atoms with E-state index in [1.165, 1.54) is 12.8 Å². The van der Waals surface area contributed by atoms with Crippen molar-refractivity contribution >= 4 is 27.9 Å². The van der Waals surface area contributed by atoms with E-state index in [4.69, 9.17) is 32.7 Å². The Hall–Kier alpha value is 1.46. The van der Waals surface area contributed by atoms with Crippen molar-refractivity contribution in [2.24, 2.45) is 0 Å². The summed E-state index contributed by atoms with van der Waals surface area (Å²) < 4.78 is 4.94. The molecule has 0 aliphatic carbocycles. The summed E-state index contributed by atoms with van der Waals surface area (Å²) in [6.45, 7) is 4.29. The van der Waals surface area contributed by atoms with Crippen LogP contribution >= 0.6 is 27.9 Å². The molecule has 0 saturated carbocycles. The maximum atomic E-state index is 4.97. The van der Waals surface area contributed by atoms with Gasteiger partial charge in [-0.2, -0.15) is 0 Å². The van der Waals surface area contributed by atoms with Crippen LogP contribution in [0, 0.1) is 0 Å². The molecular formula is C10H24Cl3N2OTi. The van der Waals surface area contributed by atoms with Crippen LogP contribution in [0.4, 0.5) is 0 Å². The summed E-state index contributed by atoms with van der Waals surface area (Å²) in [4.78, 5) is 4.36. The van der Waals surface area contributed by atoms with E-state index in [0.29, 0.717) is 0 Å². The van der Waals surface area contributed by atoms with Crippen LogP contribution < -0.4 is 0 Å². The average molecular weight is 343 g/mol. The van der Waals surface area contributed by atoms with E-state index < -0.39 is 14.7 Å². The van der Waals surface area contributed by atoms with E-state index in [-0.39, 0.29) is 0 Å². The second-order valence-corrected chi connectivity index (χ2v) is 11.9. The molecular weight excluding hydrogens is 318 g/mol. The van der Waals surface area contributed by atoms with E-state index in [1.807, 2.05) is 0 Å². The minimum absolute atomic E-state index is 1.00. The zero-order chi connectivity index (χ0) is 13.7. The topological polar surface area (TPSA) is 15.7 Å². The Morgan fingerprint density at radius 2 is 1.18 bits per heavy atom. The molecule has 1 saturated heterocycles. The summed E-state index contributed by atoms with van der Waals surface area (Å²) in [5, 5.41) is 0. The predicted molar refractivity (Wildman–Crippen MR) is 74.7 cm³/mol. The number of nitrogens with zero attached hydrogens (tertiary/aromatic N) is 2. The second kappa shape index (κ2) is 15.5. The van der Waals surface area contributed by atoms with Gasteiger partial charge in [0.25, 0.3) is 0 Å². The molecule has 0 radical (unpaired) electrons. The fraction of sp³-hybridized carbons (Fsp3) is 1.00. The second-order valence-electron chi connectivity index (χ2n) is 4.14. The van der Waals surface area contributed by atoms with Crippen LogP contribution in [0.25, 0.3) is 0 Å². The first-order valence-electron chi connectivity index (χ1n) is 5.57. The Labute approximate surface area is 124 Å². The number of likely N-dealkylation sites (N-methyl/N-ethyl adjacent to an activating group) is 2. The molecule has 0 N–H and O–H groups in total. The van der Waals surface area contributed by atoms with Crippen LogP contribution in [0.1, 0.15) is 12.8 Å². The summed E-state index contributed by atoms with van der Waals surface area (Å²) in [5.74, 6) is 0. The quantitative estimate of drug-likeness (QED) is 0.734. The van der Waals surface area contributed by atoms with Gasteiger partial charge in [-0.3, -0.25) is 0 Å². The first kappa shape index (κ1) is 20.8. The predicted octanol–water partition coefficient (Wildman–Crippen LogP) is 2.97. The molecule has 1 fully saturated rings. The Balaban J connectivity index is 0. The summed E-state index contributed by atoms with van der Waals surface area (Å²) in [6, 6.07) is 0. The van der Waals surface area contributed by atoms with Crippen molar-refractivity contribution in [2.75, 3.05) is 54.5 Å². The standard InChI is InChI=1S/C6H16N2.C4H8O.3ClH.Ti/c1-7(2)5-6-8(3)4;1-2-4-5-3-1;;;;/h5-6H2,1-4H3;1-4H2;3*1H;/q;;;;;+3/p-3. The Bertz CT molecular complexity index is 129. The molecule has 0 amide bonds. The van der Waals surface area contributed by atoms with Gasteiger partial charge in [0.05, 0.1) is 0 Å². The van der Waals surface area contributed by atoms with Gasteiger partial charge in [0.2, 0.25) is 0 Å². The Kier molecular flexibility index (Phi) is 19.0. The molecule has 1 aliphatic rings. The van der Waals surface area contributed by atoms with Gasteiger partial charge in [0.15, 0.2) is 0 Å². The van der Waals surface area contributed by atoms with Crippen LogP contribution in [0.5, 0.6) is 0 Å². The molecule has 0 spiro atoms.